The Morgan fingerprint density at radius 1 is 0.875 bits per heavy atom. The molecule has 0 fully saturated rings. The number of nitrogens with one attached hydrogen (secondary N) is 1. The molecule has 0 saturated carbocycles. The second kappa shape index (κ2) is 13.7. The van der Waals surface area contributed by atoms with Crippen LogP contribution >= 0.6 is 0 Å². The smallest absolute Gasteiger partial charge is 0.312 e. The molecular weight excluding hydrogens is 624 g/mol. The van der Waals surface area contributed by atoms with Gasteiger partial charge in [-0.3, -0.25) is 19.2 Å². The molecule has 48 heavy (non-hydrogen) atoms. The number of benzene rings is 1. The number of methoxy groups -OCH3 is 1. The maximum absolute atomic E-state index is 13.8. The SMILES string of the molecule is CO[C@H]1/C=C/O[C@@]2(C)Oc3c(C)c(O)c4c(c3C2=O)C(=O)C(N)=C(NC(=O)/C(C)=C\C=C\[C@H](C)[C@H](O)[C@@H](C)[C@@H](O)[C@H](C)[C@H](O)[C@H]1C)C4=O. The van der Waals surface area contributed by atoms with E-state index in [0.29, 0.717) is 0 Å². The lowest BCUT2D eigenvalue weighted by atomic mass is 9.78. The molecule has 5 bridgehead atoms. The maximum atomic E-state index is 13.8. The fourth-order valence-electron chi connectivity index (χ4n) is 6.32. The van der Waals surface area contributed by atoms with E-state index in [9.17, 15) is 39.6 Å². The molecule has 1 aromatic rings. The van der Waals surface area contributed by atoms with E-state index in [0.717, 1.165) is 6.26 Å². The summed E-state index contributed by atoms with van der Waals surface area (Å²) in [6.07, 6.45) is 3.18. The van der Waals surface area contributed by atoms with Gasteiger partial charge in [-0.2, -0.15) is 0 Å². The number of aromatic hydroxyl groups is 1. The van der Waals surface area contributed by atoms with Crippen LogP contribution in [0.25, 0.3) is 0 Å². The van der Waals surface area contributed by atoms with Crippen molar-refractivity contribution in [1.29, 1.82) is 0 Å². The van der Waals surface area contributed by atoms with Crippen LogP contribution in [0.5, 0.6) is 11.5 Å². The van der Waals surface area contributed by atoms with Crippen LogP contribution in [0.3, 0.4) is 0 Å². The summed E-state index contributed by atoms with van der Waals surface area (Å²) >= 11 is 0. The lowest BCUT2D eigenvalue weighted by Gasteiger charge is -2.36. The third-order valence-electron chi connectivity index (χ3n) is 9.73. The predicted octanol–water partition coefficient (Wildman–Crippen LogP) is 2.35. The van der Waals surface area contributed by atoms with Crippen LogP contribution in [-0.2, 0) is 14.3 Å². The fourth-order valence-corrected chi connectivity index (χ4v) is 6.32. The van der Waals surface area contributed by atoms with Gasteiger partial charge in [-0.15, -0.1) is 0 Å². The van der Waals surface area contributed by atoms with Gasteiger partial charge in [0.2, 0.25) is 11.6 Å². The third kappa shape index (κ3) is 6.18. The molecule has 5 rings (SSSR count). The molecule has 0 aromatic heterocycles. The van der Waals surface area contributed by atoms with E-state index in [1.807, 2.05) is 0 Å². The van der Waals surface area contributed by atoms with Crippen LogP contribution in [0.2, 0.25) is 0 Å². The van der Waals surface area contributed by atoms with E-state index in [4.69, 9.17) is 19.9 Å². The highest BCUT2D eigenvalue weighted by Gasteiger charge is 2.52. The van der Waals surface area contributed by atoms with E-state index in [2.05, 4.69) is 5.32 Å². The zero-order chi connectivity index (χ0) is 36.0. The number of ether oxygens (including phenoxy) is 3. The maximum Gasteiger partial charge on any atom is 0.312 e. The number of Topliss-reactive ketones (excluding diaryl/α,β-unsaturated/α-hetero) is 3. The summed E-state index contributed by atoms with van der Waals surface area (Å²) in [5.41, 5.74) is 3.69. The summed E-state index contributed by atoms with van der Waals surface area (Å²) in [5, 5.41) is 46.8. The van der Waals surface area contributed by atoms with Gasteiger partial charge < -0.3 is 45.7 Å². The number of hydrogen-bond acceptors (Lipinski definition) is 12. The molecule has 1 aromatic carbocycles. The van der Waals surface area contributed by atoms with E-state index < -0.39 is 105 Å². The van der Waals surface area contributed by atoms with Gasteiger partial charge in [-0.25, -0.2) is 0 Å². The van der Waals surface area contributed by atoms with Crippen LogP contribution in [0.1, 0.15) is 78.2 Å². The summed E-state index contributed by atoms with van der Waals surface area (Å²) in [7, 11) is 1.41. The number of carbonyl (C=O) groups excluding carboxylic acids is 4. The predicted molar refractivity (Wildman–Crippen MR) is 173 cm³/mol. The molecule has 4 aliphatic rings. The second-order valence-electron chi connectivity index (χ2n) is 13.0. The van der Waals surface area contributed by atoms with Crippen molar-refractivity contribution >= 4 is 23.3 Å². The van der Waals surface area contributed by atoms with Gasteiger partial charge in [0.05, 0.1) is 47.4 Å². The molecular formula is C35H44N2O11. The van der Waals surface area contributed by atoms with E-state index in [1.54, 1.807) is 33.8 Å². The zero-order valence-corrected chi connectivity index (χ0v) is 28.2. The molecule has 0 unspecified atom stereocenters. The highest BCUT2D eigenvalue weighted by molar-refractivity contribution is 6.32. The molecule has 9 atom stereocenters. The number of amides is 1. The van der Waals surface area contributed by atoms with Crippen LogP contribution in [0, 0.1) is 30.6 Å². The molecule has 0 saturated heterocycles. The standard InChI is InChI=1S/C35H44N2O11/c1-14-10-9-11-15(2)34(45)37-25-24(36)30(42)21-22(31(25)43)29(41)19(6)32-23(21)33(44)35(7,48-32)47-13-12-20(46-8)16(3)27(39)18(5)28(40)17(4)26(14)38/h9-14,16-18,20,26-28,38-41H,36H2,1-8H3,(H,37,45)/b10-9+,13-12+,15-11-/t14-,16-,17+,18+,20-,26-,27+,28+,35-/m0/s1. The molecule has 13 heteroatoms. The van der Waals surface area contributed by atoms with Crippen molar-refractivity contribution in [3.05, 3.63) is 69.8 Å². The number of rotatable bonds is 1. The fraction of sp³-hybridized carbons (Fsp3) is 0.486. The minimum absolute atomic E-state index is 0.0166. The number of hydrogen-bond donors (Lipinski definition) is 6. The number of fused-ring (bicyclic) bond motifs is 14. The number of ketones is 3. The number of allylic oxidation sites excluding steroid dienone is 4. The molecule has 0 spiro atoms. The quantitative estimate of drug-likeness (QED) is 0.254. The van der Waals surface area contributed by atoms with E-state index >= 15 is 0 Å². The molecule has 13 nitrogen and oxygen atoms in total. The molecule has 7 N–H and O–H groups in total. The first-order valence-corrected chi connectivity index (χ1v) is 15.7. The first-order valence-electron chi connectivity index (χ1n) is 15.7. The van der Waals surface area contributed by atoms with Gasteiger partial charge in [0.15, 0.2) is 0 Å². The van der Waals surface area contributed by atoms with Crippen molar-refractivity contribution < 1.29 is 53.8 Å². The Morgan fingerprint density at radius 3 is 2.10 bits per heavy atom. The molecule has 0 radical (unpaired) electrons. The van der Waals surface area contributed by atoms with Gasteiger partial charge in [-0.05, 0) is 19.9 Å². The number of aliphatic hydroxyl groups is 3. The lowest BCUT2D eigenvalue weighted by molar-refractivity contribution is -0.116. The number of carbonyl (C=O) groups is 4. The third-order valence-corrected chi connectivity index (χ3v) is 9.73. The Hall–Kier alpha value is -4.30. The Morgan fingerprint density at radius 2 is 1.48 bits per heavy atom. The molecule has 3 aliphatic heterocycles. The van der Waals surface area contributed by atoms with Crippen molar-refractivity contribution in [2.45, 2.75) is 78.7 Å². The Kier molecular flexibility index (Phi) is 10.4. The van der Waals surface area contributed by atoms with Gasteiger partial charge in [0.25, 0.3) is 11.7 Å². The Balaban J connectivity index is 1.84. The number of nitrogens with two attached hydrogens (primary N) is 1. The normalized spacial score (nSPS) is 35.8. The summed E-state index contributed by atoms with van der Waals surface area (Å²) in [6, 6.07) is 0. The van der Waals surface area contributed by atoms with Gasteiger partial charge in [-0.1, -0.05) is 45.9 Å². The van der Waals surface area contributed by atoms with E-state index in [1.165, 1.54) is 46.1 Å². The van der Waals surface area contributed by atoms with Crippen LogP contribution in [-0.4, -0.2) is 81.0 Å². The molecule has 1 amide bonds. The van der Waals surface area contributed by atoms with Crippen molar-refractivity contribution in [2.75, 3.05) is 7.11 Å². The van der Waals surface area contributed by atoms with Crippen molar-refractivity contribution in [3.63, 3.8) is 0 Å². The summed E-state index contributed by atoms with van der Waals surface area (Å²) < 4.78 is 17.2. The average molecular weight is 669 g/mol. The highest BCUT2D eigenvalue weighted by Crippen LogP contribution is 2.48. The minimum atomic E-state index is -2.05. The van der Waals surface area contributed by atoms with Crippen molar-refractivity contribution in [1.82, 2.24) is 5.32 Å². The summed E-state index contributed by atoms with van der Waals surface area (Å²) in [4.78, 5) is 54.3. The van der Waals surface area contributed by atoms with Crippen molar-refractivity contribution in [3.8, 4) is 11.5 Å². The minimum Gasteiger partial charge on any atom is -0.507 e. The first kappa shape index (κ1) is 36.5. The second-order valence-corrected chi connectivity index (χ2v) is 13.0. The molecule has 3 heterocycles. The summed E-state index contributed by atoms with van der Waals surface area (Å²) in [5.74, 6) is -8.85. The Bertz CT molecular complexity index is 1660. The molecule has 260 valence electrons. The molecule has 1 aliphatic carbocycles. The monoisotopic (exact) mass is 668 g/mol. The highest BCUT2D eigenvalue weighted by atomic mass is 16.7. The number of phenolic OH excluding ortho intramolecular Hbond substituents is 1. The van der Waals surface area contributed by atoms with Gasteiger partial charge in [0, 0.05) is 48.8 Å². The zero-order valence-electron chi connectivity index (χ0n) is 28.2. The number of aliphatic hydroxyl groups excluding tert-OH is 3. The van der Waals surface area contributed by atoms with E-state index in [-0.39, 0.29) is 22.4 Å². The lowest BCUT2D eigenvalue weighted by Crippen LogP contribution is -2.45. The first-order chi connectivity index (χ1) is 22.4. The Labute approximate surface area is 278 Å². The topological polar surface area (TPSA) is 215 Å². The number of phenols is 1. The van der Waals surface area contributed by atoms with Crippen LogP contribution in [0.15, 0.2) is 47.5 Å². The average Bonchev–Trinajstić information content (AvgIpc) is 3.32. The van der Waals surface area contributed by atoms with Crippen LogP contribution < -0.4 is 15.8 Å². The van der Waals surface area contributed by atoms with Crippen molar-refractivity contribution in [2.24, 2.45) is 29.4 Å². The summed E-state index contributed by atoms with van der Waals surface area (Å²) in [6.45, 7) is 10.9. The largest absolute Gasteiger partial charge is 0.507 e. The van der Waals surface area contributed by atoms with Gasteiger partial charge in [0.1, 0.15) is 22.9 Å². The van der Waals surface area contributed by atoms with Crippen LogP contribution in [0.4, 0.5) is 0 Å². The van der Waals surface area contributed by atoms with Gasteiger partial charge >= 0.3 is 5.79 Å².